The highest BCUT2D eigenvalue weighted by Crippen LogP contribution is 2.33. The number of hydrogen-bond donors (Lipinski definition) is 1. The third kappa shape index (κ3) is 4.10. The quantitative estimate of drug-likeness (QED) is 0.863. The van der Waals surface area contributed by atoms with Crippen LogP contribution < -0.4 is 5.32 Å². The minimum Gasteiger partial charge on any atom is -0.375 e. The largest absolute Gasteiger partial charge is 0.375 e. The Morgan fingerprint density at radius 3 is 2.81 bits per heavy atom. The summed E-state index contributed by atoms with van der Waals surface area (Å²) in [5.74, 6) is -0.171. The lowest BCUT2D eigenvalue weighted by Gasteiger charge is -2.44. The Kier molecular flexibility index (Phi) is 5.69. The van der Waals surface area contributed by atoms with Gasteiger partial charge in [-0.05, 0) is 49.8 Å². The summed E-state index contributed by atoms with van der Waals surface area (Å²) >= 11 is 0. The van der Waals surface area contributed by atoms with Crippen LogP contribution in [0.2, 0.25) is 0 Å². The Morgan fingerprint density at radius 1 is 1.31 bits per heavy atom. The van der Waals surface area contributed by atoms with Crippen molar-refractivity contribution < 1.29 is 17.9 Å². The van der Waals surface area contributed by atoms with E-state index in [4.69, 9.17) is 4.74 Å². The lowest BCUT2D eigenvalue weighted by atomic mass is 9.82. The molecule has 1 N–H and O–H groups in total. The second-order valence-electron chi connectivity index (χ2n) is 7.44. The molecule has 2 fully saturated rings. The van der Waals surface area contributed by atoms with E-state index in [9.17, 15) is 13.2 Å². The summed E-state index contributed by atoms with van der Waals surface area (Å²) in [5.41, 5.74) is 3.52. The summed E-state index contributed by atoms with van der Waals surface area (Å²) < 4.78 is 31.4. The molecule has 144 valence electrons. The van der Waals surface area contributed by atoms with E-state index in [1.807, 2.05) is 12.1 Å². The van der Waals surface area contributed by atoms with Gasteiger partial charge >= 0.3 is 0 Å². The topological polar surface area (TPSA) is 75.7 Å². The lowest BCUT2D eigenvalue weighted by Crippen LogP contribution is -2.56. The SMILES string of the molecule is Cc1cccc(CNC(=O)[C@H]2CC[C@H]3OCCN(S(C)(=O)=O)[C@@H]3C2)c1C. The van der Waals surface area contributed by atoms with Gasteiger partial charge in [0.2, 0.25) is 15.9 Å². The molecule has 1 aromatic carbocycles. The Labute approximate surface area is 156 Å². The van der Waals surface area contributed by atoms with Crippen molar-refractivity contribution in [2.45, 2.75) is 51.8 Å². The van der Waals surface area contributed by atoms with Crippen molar-refractivity contribution in [3.8, 4) is 0 Å². The fraction of sp³-hybridized carbons (Fsp3) is 0.632. The summed E-state index contributed by atoms with van der Waals surface area (Å²) in [6.07, 6.45) is 3.12. The zero-order chi connectivity index (χ0) is 18.9. The van der Waals surface area contributed by atoms with Crippen molar-refractivity contribution in [3.05, 3.63) is 34.9 Å². The number of sulfonamides is 1. The molecule has 1 aromatic rings. The van der Waals surface area contributed by atoms with Crippen molar-refractivity contribution in [1.29, 1.82) is 0 Å². The molecule has 1 aliphatic carbocycles. The number of hydrogen-bond acceptors (Lipinski definition) is 4. The third-order valence-electron chi connectivity index (χ3n) is 5.73. The number of ether oxygens (including phenoxy) is 1. The molecule has 3 rings (SSSR count). The monoisotopic (exact) mass is 380 g/mol. The summed E-state index contributed by atoms with van der Waals surface area (Å²) in [7, 11) is -3.29. The van der Waals surface area contributed by atoms with Gasteiger partial charge in [0.05, 0.1) is 25.0 Å². The molecule has 0 unspecified atom stereocenters. The van der Waals surface area contributed by atoms with Crippen LogP contribution in [-0.4, -0.2) is 50.2 Å². The number of rotatable bonds is 4. The van der Waals surface area contributed by atoms with Crippen molar-refractivity contribution in [2.24, 2.45) is 5.92 Å². The predicted octanol–water partition coefficient (Wildman–Crippen LogP) is 1.75. The average molecular weight is 381 g/mol. The van der Waals surface area contributed by atoms with Gasteiger partial charge in [0.15, 0.2) is 0 Å². The zero-order valence-electron chi connectivity index (χ0n) is 15.7. The Bertz CT molecular complexity index is 778. The fourth-order valence-corrected chi connectivity index (χ4v) is 5.18. The molecule has 0 spiro atoms. The van der Waals surface area contributed by atoms with E-state index in [0.717, 1.165) is 18.4 Å². The van der Waals surface area contributed by atoms with E-state index in [0.29, 0.717) is 26.1 Å². The van der Waals surface area contributed by atoms with Gasteiger partial charge < -0.3 is 10.1 Å². The first-order chi connectivity index (χ1) is 12.3. The maximum atomic E-state index is 12.7. The average Bonchev–Trinajstić information content (AvgIpc) is 2.61. The van der Waals surface area contributed by atoms with Gasteiger partial charge in [0, 0.05) is 19.0 Å². The molecule has 3 atom stereocenters. The van der Waals surface area contributed by atoms with Gasteiger partial charge in [-0.3, -0.25) is 4.79 Å². The number of nitrogens with zero attached hydrogens (tertiary/aromatic N) is 1. The van der Waals surface area contributed by atoms with Crippen LogP contribution >= 0.6 is 0 Å². The molecule has 0 aromatic heterocycles. The maximum absolute atomic E-state index is 12.7. The molecule has 1 aliphatic heterocycles. The number of fused-ring (bicyclic) bond motifs is 1. The Balaban J connectivity index is 1.64. The van der Waals surface area contributed by atoms with Crippen LogP contribution in [0.3, 0.4) is 0 Å². The standard InChI is InChI=1S/C19H28N2O4S/c1-13-5-4-6-16(14(13)2)12-20-19(22)15-7-8-18-17(11-15)21(9-10-25-18)26(3,23)24/h4-6,15,17-18H,7-12H2,1-3H3,(H,20,22)/t15-,17+,18+/m0/s1. The molecule has 26 heavy (non-hydrogen) atoms. The van der Waals surface area contributed by atoms with Crippen molar-refractivity contribution in [1.82, 2.24) is 9.62 Å². The molecule has 6 nitrogen and oxygen atoms in total. The first-order valence-corrected chi connectivity index (χ1v) is 11.0. The molecule has 1 saturated carbocycles. The highest BCUT2D eigenvalue weighted by Gasteiger charge is 2.42. The summed E-state index contributed by atoms with van der Waals surface area (Å²) in [4.78, 5) is 12.7. The number of aryl methyl sites for hydroxylation is 1. The molecule has 2 aliphatic rings. The second-order valence-corrected chi connectivity index (χ2v) is 9.37. The third-order valence-corrected chi connectivity index (χ3v) is 7.04. The highest BCUT2D eigenvalue weighted by atomic mass is 32.2. The van der Waals surface area contributed by atoms with Crippen LogP contribution in [0.5, 0.6) is 0 Å². The number of benzene rings is 1. The maximum Gasteiger partial charge on any atom is 0.223 e. The van der Waals surface area contributed by atoms with E-state index in [-0.39, 0.29) is 24.0 Å². The van der Waals surface area contributed by atoms with E-state index in [1.54, 1.807) is 0 Å². The minimum absolute atomic E-state index is 0.00313. The fourth-order valence-electron chi connectivity index (χ4n) is 4.06. The molecular weight excluding hydrogens is 352 g/mol. The summed E-state index contributed by atoms with van der Waals surface area (Å²) in [6, 6.07) is 5.85. The van der Waals surface area contributed by atoms with E-state index in [1.165, 1.54) is 21.7 Å². The first kappa shape index (κ1) is 19.3. The van der Waals surface area contributed by atoms with E-state index >= 15 is 0 Å². The number of carbonyl (C=O) groups excluding carboxylic acids is 1. The van der Waals surface area contributed by atoms with Crippen LogP contribution in [0.25, 0.3) is 0 Å². The predicted molar refractivity (Wildman–Crippen MR) is 100 cm³/mol. The molecule has 1 saturated heterocycles. The number of amides is 1. The van der Waals surface area contributed by atoms with Gasteiger partial charge in [-0.25, -0.2) is 8.42 Å². The van der Waals surface area contributed by atoms with Crippen molar-refractivity contribution in [3.63, 3.8) is 0 Å². The molecule has 1 heterocycles. The second kappa shape index (κ2) is 7.66. The molecule has 0 radical (unpaired) electrons. The number of nitrogens with one attached hydrogen (secondary N) is 1. The lowest BCUT2D eigenvalue weighted by molar-refractivity contribution is -0.130. The van der Waals surface area contributed by atoms with Gasteiger partial charge in [0.25, 0.3) is 0 Å². The summed E-state index contributed by atoms with van der Waals surface area (Å²) in [5, 5.41) is 3.04. The number of morpholine rings is 1. The Morgan fingerprint density at radius 2 is 2.08 bits per heavy atom. The van der Waals surface area contributed by atoms with Crippen molar-refractivity contribution in [2.75, 3.05) is 19.4 Å². The minimum atomic E-state index is -3.29. The smallest absolute Gasteiger partial charge is 0.223 e. The normalized spacial score (nSPS) is 27.0. The van der Waals surface area contributed by atoms with Crippen molar-refractivity contribution >= 4 is 15.9 Å². The van der Waals surface area contributed by atoms with Crippen LogP contribution in [0, 0.1) is 19.8 Å². The Hall–Kier alpha value is -1.44. The summed E-state index contributed by atoms with van der Waals surface area (Å²) in [6.45, 7) is 5.42. The van der Waals surface area contributed by atoms with Gasteiger partial charge in [-0.2, -0.15) is 4.31 Å². The van der Waals surface area contributed by atoms with Gasteiger partial charge in [-0.15, -0.1) is 0 Å². The first-order valence-electron chi connectivity index (χ1n) is 9.18. The van der Waals surface area contributed by atoms with Crippen LogP contribution in [-0.2, 0) is 26.1 Å². The molecule has 1 amide bonds. The van der Waals surface area contributed by atoms with Gasteiger partial charge in [-0.1, -0.05) is 18.2 Å². The van der Waals surface area contributed by atoms with Gasteiger partial charge in [0.1, 0.15) is 0 Å². The highest BCUT2D eigenvalue weighted by molar-refractivity contribution is 7.88. The zero-order valence-corrected chi connectivity index (χ0v) is 16.5. The molecular formula is C19H28N2O4S. The van der Waals surface area contributed by atoms with E-state index in [2.05, 4.69) is 25.2 Å². The van der Waals surface area contributed by atoms with Crippen LogP contribution in [0.1, 0.15) is 36.0 Å². The van der Waals surface area contributed by atoms with Crippen LogP contribution in [0.4, 0.5) is 0 Å². The molecule has 0 bridgehead atoms. The van der Waals surface area contributed by atoms with Crippen LogP contribution in [0.15, 0.2) is 18.2 Å². The number of carbonyl (C=O) groups is 1. The molecule has 7 heteroatoms. The van der Waals surface area contributed by atoms with E-state index < -0.39 is 10.0 Å².